The van der Waals surface area contributed by atoms with Gasteiger partial charge >= 0.3 is 0 Å². The van der Waals surface area contributed by atoms with E-state index in [-0.39, 0.29) is 11.4 Å². The smallest absolute Gasteiger partial charge is 0.264 e. The van der Waals surface area contributed by atoms with Crippen LogP contribution < -0.4 is 4.31 Å². The molecule has 1 atom stereocenters. The van der Waals surface area contributed by atoms with Gasteiger partial charge in [0.15, 0.2) is 9.80 Å². The lowest BCUT2D eigenvalue weighted by molar-refractivity contribution is 0.587. The Hall–Kier alpha value is -1.28. The Labute approximate surface area is 147 Å². The van der Waals surface area contributed by atoms with E-state index < -0.39 is 21.2 Å². The Morgan fingerprint density at radius 3 is 2.48 bits per heavy atom. The maximum atomic E-state index is 13.0. The quantitative estimate of drug-likeness (QED) is 0.709. The highest BCUT2D eigenvalue weighted by molar-refractivity contribution is 9.11. The van der Waals surface area contributed by atoms with Crippen LogP contribution in [-0.2, 0) is 21.2 Å². The minimum absolute atomic E-state index is 0.0606. The predicted octanol–water partition coefficient (Wildman–Crippen LogP) is 3.55. The zero-order valence-corrected chi connectivity index (χ0v) is 15.5. The van der Waals surface area contributed by atoms with Crippen molar-refractivity contribution in [2.24, 2.45) is 0 Å². The fraction of sp³-hybridized carbons (Fsp3) is 0.125. The summed E-state index contributed by atoms with van der Waals surface area (Å²) in [5.41, 5.74) is 1.45. The van der Waals surface area contributed by atoms with Crippen molar-refractivity contribution < 1.29 is 13.0 Å². The lowest BCUT2D eigenvalue weighted by atomic mass is 10.2. The number of nitrogens with zero attached hydrogens (tertiary/aromatic N) is 1. The molecule has 23 heavy (non-hydrogen) atoms. The summed E-state index contributed by atoms with van der Waals surface area (Å²) >= 11 is 1.83. The van der Waals surface area contributed by atoms with Crippen LogP contribution in [0.3, 0.4) is 0 Å². The van der Waals surface area contributed by atoms with Gasteiger partial charge in [-0.1, -0.05) is 45.8 Å². The Kier molecular flexibility index (Phi) is 4.55. The van der Waals surface area contributed by atoms with Crippen LogP contribution in [0.1, 0.15) is 5.56 Å². The van der Waals surface area contributed by atoms with Gasteiger partial charge in [0, 0.05) is 16.2 Å². The van der Waals surface area contributed by atoms with Crippen LogP contribution in [0.5, 0.6) is 0 Å². The molecule has 0 bridgehead atoms. The number of anilines is 1. The third-order valence-electron chi connectivity index (χ3n) is 3.60. The molecule has 0 radical (unpaired) electrons. The lowest BCUT2D eigenvalue weighted by Gasteiger charge is -2.31. The summed E-state index contributed by atoms with van der Waals surface area (Å²) < 4.78 is 39.8. The molecule has 7 heteroatoms. The molecule has 1 unspecified atom stereocenters. The molecule has 0 aliphatic carbocycles. The summed E-state index contributed by atoms with van der Waals surface area (Å²) in [5, 5.41) is 0. The second kappa shape index (κ2) is 6.32. The van der Waals surface area contributed by atoms with Crippen molar-refractivity contribution >= 4 is 42.8 Å². The third-order valence-corrected chi connectivity index (χ3v) is 7.70. The molecule has 1 aliphatic rings. The third kappa shape index (κ3) is 2.94. The van der Waals surface area contributed by atoms with E-state index in [0.717, 1.165) is 5.56 Å². The van der Waals surface area contributed by atoms with Gasteiger partial charge in [-0.05, 0) is 31.2 Å². The van der Waals surface area contributed by atoms with Crippen LogP contribution >= 0.6 is 15.9 Å². The molecule has 0 fully saturated rings. The number of aryl methyl sites for hydroxylation is 1. The molecule has 1 aliphatic heterocycles. The SMILES string of the molecule is Cc1ccc(S(=O)(=O)N2CC(=CBr)[S+]([O-])c3ccccc32)cc1. The molecule has 1 heterocycles. The largest absolute Gasteiger partial charge is 0.607 e. The Morgan fingerprint density at radius 2 is 1.83 bits per heavy atom. The molecule has 2 aromatic rings. The van der Waals surface area contributed by atoms with E-state index >= 15 is 0 Å². The molecular weight excluding hydrogens is 398 g/mol. The van der Waals surface area contributed by atoms with Crippen molar-refractivity contribution in [1.82, 2.24) is 0 Å². The molecule has 0 aromatic heterocycles. The summed E-state index contributed by atoms with van der Waals surface area (Å²) in [6.07, 6.45) is 0. The molecule has 0 spiro atoms. The first-order valence-corrected chi connectivity index (χ1v) is 10.3. The molecule has 0 saturated heterocycles. The highest BCUT2D eigenvalue weighted by Crippen LogP contribution is 2.38. The van der Waals surface area contributed by atoms with Gasteiger partial charge in [0.1, 0.15) is 12.2 Å². The Balaban J connectivity index is 2.15. The Bertz CT molecular complexity index is 863. The average molecular weight is 412 g/mol. The fourth-order valence-electron chi connectivity index (χ4n) is 2.37. The van der Waals surface area contributed by atoms with Gasteiger partial charge < -0.3 is 4.55 Å². The molecule has 120 valence electrons. The van der Waals surface area contributed by atoms with Gasteiger partial charge in [0.25, 0.3) is 10.0 Å². The number of halogens is 1. The van der Waals surface area contributed by atoms with Gasteiger partial charge in [0.05, 0.1) is 4.90 Å². The molecular formula is C16H14BrNO3S2. The van der Waals surface area contributed by atoms with Gasteiger partial charge in [-0.15, -0.1) is 0 Å². The second-order valence-corrected chi connectivity index (χ2v) is 8.96. The number of fused-ring (bicyclic) bond motifs is 1. The summed E-state index contributed by atoms with van der Waals surface area (Å²) in [7, 11) is -3.72. The number of para-hydroxylation sites is 1. The van der Waals surface area contributed by atoms with Crippen LogP contribution in [0, 0.1) is 6.92 Å². The number of benzene rings is 2. The Morgan fingerprint density at radius 1 is 1.17 bits per heavy atom. The van der Waals surface area contributed by atoms with E-state index in [1.54, 1.807) is 48.5 Å². The average Bonchev–Trinajstić information content (AvgIpc) is 2.55. The van der Waals surface area contributed by atoms with Crippen LogP contribution in [0.15, 0.2) is 68.2 Å². The molecule has 4 nitrogen and oxygen atoms in total. The van der Waals surface area contributed by atoms with Gasteiger partial charge in [-0.3, -0.25) is 4.31 Å². The maximum Gasteiger partial charge on any atom is 0.264 e. The minimum atomic E-state index is -3.72. The number of hydrogen-bond acceptors (Lipinski definition) is 3. The maximum absolute atomic E-state index is 13.0. The first kappa shape index (κ1) is 16.6. The standard InChI is InChI=1S/C16H14BrNO3S2/c1-12-6-8-14(9-7-12)23(20,21)18-11-13(10-17)22(19)16-5-3-2-4-15(16)18/h2-10H,11H2,1H3. The van der Waals surface area contributed by atoms with Crippen LogP contribution in [0.25, 0.3) is 0 Å². The molecule has 2 aromatic carbocycles. The van der Waals surface area contributed by atoms with Crippen molar-refractivity contribution in [3.8, 4) is 0 Å². The summed E-state index contributed by atoms with van der Waals surface area (Å²) in [6.45, 7) is 1.96. The van der Waals surface area contributed by atoms with Crippen molar-refractivity contribution in [1.29, 1.82) is 0 Å². The summed E-state index contributed by atoms with van der Waals surface area (Å²) in [6, 6.07) is 13.6. The van der Waals surface area contributed by atoms with E-state index in [9.17, 15) is 13.0 Å². The summed E-state index contributed by atoms with van der Waals surface area (Å²) in [5.74, 6) is 0. The number of hydrogen-bond donors (Lipinski definition) is 0. The predicted molar refractivity (Wildman–Crippen MR) is 95.6 cm³/mol. The van der Waals surface area contributed by atoms with Crippen LogP contribution in [0.2, 0.25) is 0 Å². The van der Waals surface area contributed by atoms with Crippen LogP contribution in [0.4, 0.5) is 5.69 Å². The van der Waals surface area contributed by atoms with E-state index in [4.69, 9.17) is 0 Å². The van der Waals surface area contributed by atoms with E-state index in [1.807, 2.05) is 6.92 Å². The van der Waals surface area contributed by atoms with Crippen LogP contribution in [-0.4, -0.2) is 19.5 Å². The van der Waals surface area contributed by atoms with E-state index in [0.29, 0.717) is 15.5 Å². The first-order valence-electron chi connectivity index (χ1n) is 6.84. The normalized spacial score (nSPS) is 19.7. The topological polar surface area (TPSA) is 60.4 Å². The first-order chi connectivity index (χ1) is 10.9. The molecule has 0 amide bonds. The monoisotopic (exact) mass is 411 g/mol. The van der Waals surface area contributed by atoms with E-state index in [1.165, 1.54) is 9.29 Å². The summed E-state index contributed by atoms with van der Waals surface area (Å²) in [4.78, 5) is 2.77. The van der Waals surface area contributed by atoms with Crippen molar-refractivity contribution in [3.63, 3.8) is 0 Å². The lowest BCUT2D eigenvalue weighted by Crippen LogP contribution is -2.38. The fourth-order valence-corrected chi connectivity index (χ4v) is 5.81. The minimum Gasteiger partial charge on any atom is -0.607 e. The molecule has 0 saturated carbocycles. The van der Waals surface area contributed by atoms with Crippen molar-refractivity contribution in [2.45, 2.75) is 16.7 Å². The number of sulfonamides is 1. The zero-order valence-electron chi connectivity index (χ0n) is 12.3. The van der Waals surface area contributed by atoms with Gasteiger partial charge in [-0.2, -0.15) is 0 Å². The van der Waals surface area contributed by atoms with Gasteiger partial charge in [0.2, 0.25) is 0 Å². The second-order valence-electron chi connectivity index (χ2n) is 5.14. The van der Waals surface area contributed by atoms with Gasteiger partial charge in [-0.25, -0.2) is 8.42 Å². The highest BCUT2D eigenvalue weighted by atomic mass is 79.9. The highest BCUT2D eigenvalue weighted by Gasteiger charge is 2.38. The van der Waals surface area contributed by atoms with Crippen molar-refractivity contribution in [2.75, 3.05) is 10.8 Å². The van der Waals surface area contributed by atoms with Crippen molar-refractivity contribution in [3.05, 3.63) is 64.0 Å². The number of rotatable bonds is 2. The molecule has 0 N–H and O–H groups in total. The molecule has 3 rings (SSSR count). The zero-order chi connectivity index (χ0) is 16.6. The van der Waals surface area contributed by atoms with E-state index in [2.05, 4.69) is 15.9 Å².